The number of aryl methyl sites for hydroxylation is 1. The highest BCUT2D eigenvalue weighted by atomic mass is 19.1. The zero-order chi connectivity index (χ0) is 20.6. The molecule has 0 unspecified atom stereocenters. The van der Waals surface area contributed by atoms with Crippen LogP contribution in [0.3, 0.4) is 0 Å². The Morgan fingerprint density at radius 2 is 1.97 bits per heavy atom. The van der Waals surface area contributed by atoms with Gasteiger partial charge in [-0.05, 0) is 56.6 Å². The molecule has 0 saturated carbocycles. The third kappa shape index (κ3) is 3.65. The summed E-state index contributed by atoms with van der Waals surface area (Å²) in [6.07, 6.45) is 3.82. The molecule has 0 aromatic heterocycles. The molecule has 29 heavy (non-hydrogen) atoms. The number of benzene rings is 2. The van der Waals surface area contributed by atoms with Gasteiger partial charge in [0.1, 0.15) is 11.6 Å². The average molecular weight is 397 g/mol. The van der Waals surface area contributed by atoms with Crippen molar-refractivity contribution in [3.05, 3.63) is 71.8 Å². The highest BCUT2D eigenvalue weighted by molar-refractivity contribution is 6.03. The van der Waals surface area contributed by atoms with Crippen LogP contribution in [-0.4, -0.2) is 37.1 Å². The number of hydrogen-bond donors (Lipinski definition) is 1. The smallest absolute Gasteiger partial charge is 0.305 e. The van der Waals surface area contributed by atoms with Gasteiger partial charge in [-0.25, -0.2) is 13.6 Å². The maximum absolute atomic E-state index is 14.0. The van der Waals surface area contributed by atoms with Gasteiger partial charge in [0.05, 0.1) is 5.69 Å². The molecule has 2 heterocycles. The molecule has 4 rings (SSSR count). The molecule has 1 spiro atoms. The van der Waals surface area contributed by atoms with Crippen molar-refractivity contribution in [2.75, 3.05) is 36.4 Å². The summed E-state index contributed by atoms with van der Waals surface area (Å²) in [5.41, 5.74) is 3.09. The number of hydrogen-bond acceptors (Lipinski definition) is 2. The van der Waals surface area contributed by atoms with Crippen molar-refractivity contribution in [1.82, 2.24) is 4.90 Å². The number of urea groups is 1. The maximum atomic E-state index is 14.0. The van der Waals surface area contributed by atoms with E-state index in [9.17, 15) is 13.6 Å². The van der Waals surface area contributed by atoms with Crippen molar-refractivity contribution in [2.45, 2.75) is 25.2 Å². The van der Waals surface area contributed by atoms with E-state index in [0.717, 1.165) is 55.9 Å². The fourth-order valence-corrected chi connectivity index (χ4v) is 4.51. The first-order valence-electron chi connectivity index (χ1n) is 9.90. The van der Waals surface area contributed by atoms with E-state index in [4.69, 9.17) is 0 Å². The minimum atomic E-state index is -0.783. The molecule has 2 aromatic carbocycles. The molecule has 2 aliphatic heterocycles. The van der Waals surface area contributed by atoms with Gasteiger partial charge in [0.2, 0.25) is 0 Å². The van der Waals surface area contributed by atoms with Crippen LogP contribution < -0.4 is 10.2 Å². The predicted octanol–water partition coefficient (Wildman–Crippen LogP) is 4.84. The van der Waals surface area contributed by atoms with Crippen LogP contribution in [0.1, 0.15) is 24.0 Å². The number of carbonyl (C=O) groups is 1. The Morgan fingerprint density at radius 3 is 2.66 bits per heavy atom. The second kappa shape index (κ2) is 7.59. The standard InChI is InChI=1S/C23H25F2N3O/c1-3-10-27-11-8-23(9-12-27)15-28(21-7-4-16(2)13-18(21)23)22(29)26-20-6-5-17(24)14-19(20)25/h3-7,13-14H,1,8-12,15H2,2H3,(H,26,29). The predicted molar refractivity (Wildman–Crippen MR) is 111 cm³/mol. The summed E-state index contributed by atoms with van der Waals surface area (Å²) < 4.78 is 27.2. The van der Waals surface area contributed by atoms with Gasteiger partial charge in [0.15, 0.2) is 0 Å². The van der Waals surface area contributed by atoms with Crippen LogP contribution in [0.5, 0.6) is 0 Å². The van der Waals surface area contributed by atoms with E-state index < -0.39 is 17.7 Å². The van der Waals surface area contributed by atoms with Gasteiger partial charge in [0.25, 0.3) is 0 Å². The normalized spacial score (nSPS) is 18.0. The van der Waals surface area contributed by atoms with Crippen molar-refractivity contribution in [3.63, 3.8) is 0 Å². The van der Waals surface area contributed by atoms with Crippen LogP contribution in [-0.2, 0) is 5.41 Å². The molecule has 0 radical (unpaired) electrons. The van der Waals surface area contributed by atoms with Gasteiger partial charge in [-0.15, -0.1) is 6.58 Å². The zero-order valence-corrected chi connectivity index (χ0v) is 16.5. The summed E-state index contributed by atoms with van der Waals surface area (Å²) in [4.78, 5) is 17.1. The Bertz CT molecular complexity index is 951. The highest BCUT2D eigenvalue weighted by Crippen LogP contribution is 2.47. The van der Waals surface area contributed by atoms with Crippen LogP contribution in [0.2, 0.25) is 0 Å². The molecule has 0 aliphatic carbocycles. The topological polar surface area (TPSA) is 35.6 Å². The van der Waals surface area contributed by atoms with E-state index in [1.807, 2.05) is 18.2 Å². The van der Waals surface area contributed by atoms with E-state index in [-0.39, 0.29) is 11.1 Å². The van der Waals surface area contributed by atoms with Crippen LogP contribution in [0.25, 0.3) is 0 Å². The molecular weight excluding hydrogens is 372 g/mol. The molecule has 2 aliphatic rings. The van der Waals surface area contributed by atoms with E-state index >= 15 is 0 Å². The number of nitrogens with one attached hydrogen (secondary N) is 1. The lowest BCUT2D eigenvalue weighted by Crippen LogP contribution is -2.46. The number of likely N-dealkylation sites (tertiary alicyclic amines) is 1. The summed E-state index contributed by atoms with van der Waals surface area (Å²) in [6.45, 7) is 9.19. The number of piperidine rings is 1. The molecule has 2 aromatic rings. The molecule has 0 atom stereocenters. The second-order valence-electron chi connectivity index (χ2n) is 8.03. The third-order valence-corrected chi connectivity index (χ3v) is 6.09. The first-order valence-corrected chi connectivity index (χ1v) is 9.90. The number of anilines is 2. The molecule has 2 amide bonds. The fourth-order valence-electron chi connectivity index (χ4n) is 4.51. The van der Waals surface area contributed by atoms with Gasteiger partial charge in [-0.2, -0.15) is 0 Å². The van der Waals surface area contributed by atoms with Crippen LogP contribution >= 0.6 is 0 Å². The molecule has 4 nitrogen and oxygen atoms in total. The summed E-state index contributed by atoms with van der Waals surface area (Å²) in [5.74, 6) is -1.46. The lowest BCUT2D eigenvalue weighted by Gasteiger charge is -2.39. The number of nitrogens with zero attached hydrogens (tertiary/aromatic N) is 2. The highest BCUT2D eigenvalue weighted by Gasteiger charge is 2.46. The average Bonchev–Trinajstić information content (AvgIpc) is 3.00. The molecule has 152 valence electrons. The SMILES string of the molecule is C=CCN1CCC2(CC1)CN(C(=O)Nc1ccc(F)cc1F)c1ccc(C)cc12. The van der Waals surface area contributed by atoms with E-state index in [1.165, 1.54) is 11.6 Å². The summed E-state index contributed by atoms with van der Waals surface area (Å²) >= 11 is 0. The van der Waals surface area contributed by atoms with Gasteiger partial charge < -0.3 is 5.32 Å². The van der Waals surface area contributed by atoms with E-state index in [1.54, 1.807) is 4.90 Å². The Hall–Kier alpha value is -2.73. The van der Waals surface area contributed by atoms with Gasteiger partial charge >= 0.3 is 6.03 Å². The first-order chi connectivity index (χ1) is 13.9. The second-order valence-corrected chi connectivity index (χ2v) is 8.03. The lowest BCUT2D eigenvalue weighted by molar-refractivity contribution is 0.180. The summed E-state index contributed by atoms with van der Waals surface area (Å²) in [5, 5.41) is 2.61. The first kappa shape index (κ1) is 19.6. The number of halogens is 2. The maximum Gasteiger partial charge on any atom is 0.326 e. The van der Waals surface area contributed by atoms with Crippen molar-refractivity contribution in [2.24, 2.45) is 0 Å². The van der Waals surface area contributed by atoms with Crippen molar-refractivity contribution in [1.29, 1.82) is 0 Å². The monoisotopic (exact) mass is 397 g/mol. The van der Waals surface area contributed by atoms with Crippen molar-refractivity contribution >= 4 is 17.4 Å². The number of amides is 2. The fraction of sp³-hybridized carbons (Fsp3) is 0.348. The quantitative estimate of drug-likeness (QED) is 0.752. The lowest BCUT2D eigenvalue weighted by atomic mass is 9.74. The Labute approximate surface area is 169 Å². The Kier molecular flexibility index (Phi) is 5.13. The van der Waals surface area contributed by atoms with Crippen molar-refractivity contribution in [3.8, 4) is 0 Å². The Balaban J connectivity index is 1.61. The zero-order valence-electron chi connectivity index (χ0n) is 16.5. The van der Waals surface area contributed by atoms with Crippen LogP contribution in [0.15, 0.2) is 49.1 Å². The summed E-state index contributed by atoms with van der Waals surface area (Å²) in [7, 11) is 0. The molecular formula is C23H25F2N3O. The minimum Gasteiger partial charge on any atom is -0.305 e. The van der Waals surface area contributed by atoms with Crippen LogP contribution in [0, 0.1) is 18.6 Å². The van der Waals surface area contributed by atoms with Crippen LogP contribution in [0.4, 0.5) is 25.0 Å². The largest absolute Gasteiger partial charge is 0.326 e. The molecule has 1 saturated heterocycles. The number of carbonyl (C=O) groups excluding carboxylic acids is 1. The van der Waals surface area contributed by atoms with Gasteiger partial charge in [-0.1, -0.05) is 23.8 Å². The van der Waals surface area contributed by atoms with Crippen molar-refractivity contribution < 1.29 is 13.6 Å². The summed E-state index contributed by atoms with van der Waals surface area (Å²) in [6, 6.07) is 8.89. The van der Waals surface area contributed by atoms with Gasteiger partial charge in [0, 0.05) is 30.3 Å². The van der Waals surface area contributed by atoms with Gasteiger partial charge in [-0.3, -0.25) is 9.80 Å². The molecule has 1 N–H and O–H groups in total. The Morgan fingerprint density at radius 1 is 1.21 bits per heavy atom. The molecule has 6 heteroatoms. The van der Waals surface area contributed by atoms with E-state index in [0.29, 0.717) is 6.54 Å². The molecule has 0 bridgehead atoms. The molecule has 1 fully saturated rings. The minimum absolute atomic E-state index is 0.0215. The van der Waals surface area contributed by atoms with E-state index in [2.05, 4.69) is 29.8 Å². The third-order valence-electron chi connectivity index (χ3n) is 6.09. The number of rotatable bonds is 3. The number of fused-ring (bicyclic) bond motifs is 2.